The fourth-order valence-corrected chi connectivity index (χ4v) is 1.37. The van der Waals surface area contributed by atoms with Gasteiger partial charge in [-0.1, -0.05) is 5.16 Å². The molecule has 1 saturated heterocycles. The number of hydrogen-bond donors (Lipinski definition) is 2. The molecule has 0 amide bonds. The fourth-order valence-electron chi connectivity index (χ4n) is 1.37. The normalized spacial score (nSPS) is 22.9. The van der Waals surface area contributed by atoms with E-state index in [-0.39, 0.29) is 5.84 Å². The Balaban J connectivity index is 1.89. The van der Waals surface area contributed by atoms with Crippen LogP contribution in [-0.4, -0.2) is 37.5 Å². The third kappa shape index (κ3) is 4.43. The number of nitrogens with two attached hydrogens (primary N) is 1. The van der Waals surface area contributed by atoms with E-state index in [1.807, 2.05) is 0 Å². The van der Waals surface area contributed by atoms with Gasteiger partial charge in [0.15, 0.2) is 0 Å². The second-order valence-corrected chi connectivity index (χ2v) is 3.50. The van der Waals surface area contributed by atoms with E-state index in [9.17, 15) is 0 Å². The molecular formula is C9H18N2O3. The molecule has 82 valence electrons. The Hall–Kier alpha value is -0.810. The van der Waals surface area contributed by atoms with E-state index in [2.05, 4.69) is 5.16 Å². The summed E-state index contributed by atoms with van der Waals surface area (Å²) in [5.41, 5.74) is 5.30. The van der Waals surface area contributed by atoms with Gasteiger partial charge in [0, 0.05) is 25.6 Å². The van der Waals surface area contributed by atoms with Crippen molar-refractivity contribution in [1.29, 1.82) is 0 Å². The van der Waals surface area contributed by atoms with Gasteiger partial charge in [-0.05, 0) is 12.8 Å². The molecule has 0 bridgehead atoms. The average Bonchev–Trinajstić information content (AvgIpc) is 2.69. The summed E-state index contributed by atoms with van der Waals surface area (Å²) < 4.78 is 10.7. The summed E-state index contributed by atoms with van der Waals surface area (Å²) in [6.45, 7) is 3.10. The molecule has 0 aliphatic carbocycles. The lowest BCUT2D eigenvalue weighted by Gasteiger charge is -2.07. The average molecular weight is 202 g/mol. The minimum Gasteiger partial charge on any atom is -0.409 e. The van der Waals surface area contributed by atoms with Gasteiger partial charge in [-0.15, -0.1) is 0 Å². The first kappa shape index (κ1) is 11.3. The molecule has 1 unspecified atom stereocenters. The van der Waals surface area contributed by atoms with E-state index in [0.29, 0.717) is 18.9 Å². The molecular weight excluding hydrogens is 184 g/mol. The van der Waals surface area contributed by atoms with E-state index >= 15 is 0 Å². The molecule has 0 radical (unpaired) electrons. The minimum atomic E-state index is 0.262. The topological polar surface area (TPSA) is 77.1 Å². The van der Waals surface area contributed by atoms with Crippen LogP contribution in [0.1, 0.15) is 19.3 Å². The highest BCUT2D eigenvalue weighted by atomic mass is 16.5. The SMILES string of the molecule is N/C(CCCOCC1CCOC1)=N/O. The van der Waals surface area contributed by atoms with Gasteiger partial charge in [-0.2, -0.15) is 0 Å². The quantitative estimate of drug-likeness (QED) is 0.217. The Bertz CT molecular complexity index is 179. The van der Waals surface area contributed by atoms with E-state index < -0.39 is 0 Å². The number of amidine groups is 1. The number of rotatable bonds is 6. The van der Waals surface area contributed by atoms with Crippen molar-refractivity contribution in [3.63, 3.8) is 0 Å². The van der Waals surface area contributed by atoms with Crippen molar-refractivity contribution in [3.8, 4) is 0 Å². The molecule has 1 atom stereocenters. The number of nitrogens with zero attached hydrogens (tertiary/aromatic N) is 1. The van der Waals surface area contributed by atoms with Gasteiger partial charge in [0.25, 0.3) is 0 Å². The van der Waals surface area contributed by atoms with Crippen LogP contribution in [0.15, 0.2) is 5.16 Å². The summed E-state index contributed by atoms with van der Waals surface area (Å²) in [5.74, 6) is 0.816. The minimum absolute atomic E-state index is 0.262. The molecule has 14 heavy (non-hydrogen) atoms. The molecule has 1 heterocycles. The van der Waals surface area contributed by atoms with E-state index in [1.165, 1.54) is 0 Å². The molecule has 0 aromatic rings. The van der Waals surface area contributed by atoms with Crippen LogP contribution >= 0.6 is 0 Å². The Morgan fingerprint density at radius 1 is 1.64 bits per heavy atom. The maximum absolute atomic E-state index is 8.27. The highest BCUT2D eigenvalue weighted by molar-refractivity contribution is 5.79. The summed E-state index contributed by atoms with van der Waals surface area (Å²) in [6, 6.07) is 0. The number of hydrogen-bond acceptors (Lipinski definition) is 4. The molecule has 1 aliphatic rings. The smallest absolute Gasteiger partial charge is 0.139 e. The molecule has 0 aromatic carbocycles. The lowest BCUT2D eigenvalue weighted by molar-refractivity contribution is 0.0890. The van der Waals surface area contributed by atoms with Crippen LogP contribution in [0.4, 0.5) is 0 Å². The van der Waals surface area contributed by atoms with E-state index in [0.717, 1.165) is 32.7 Å². The van der Waals surface area contributed by atoms with Gasteiger partial charge in [0.2, 0.25) is 0 Å². The standard InChI is InChI=1S/C9H18N2O3/c10-9(11-12)2-1-4-13-6-8-3-5-14-7-8/h8,12H,1-7H2,(H2,10,11). The van der Waals surface area contributed by atoms with Gasteiger partial charge in [-0.3, -0.25) is 0 Å². The van der Waals surface area contributed by atoms with Crippen molar-refractivity contribution in [1.82, 2.24) is 0 Å². The predicted octanol–water partition coefficient (Wildman–Crippen LogP) is 0.566. The molecule has 0 saturated carbocycles. The van der Waals surface area contributed by atoms with Gasteiger partial charge in [0.1, 0.15) is 5.84 Å². The van der Waals surface area contributed by atoms with Crippen LogP contribution in [0, 0.1) is 5.92 Å². The zero-order valence-electron chi connectivity index (χ0n) is 8.32. The van der Waals surface area contributed by atoms with E-state index in [1.54, 1.807) is 0 Å². The molecule has 0 spiro atoms. The lowest BCUT2D eigenvalue weighted by Crippen LogP contribution is -2.14. The van der Waals surface area contributed by atoms with Gasteiger partial charge in [0.05, 0.1) is 13.2 Å². The first-order valence-electron chi connectivity index (χ1n) is 4.95. The molecule has 1 fully saturated rings. The lowest BCUT2D eigenvalue weighted by atomic mass is 10.1. The zero-order valence-corrected chi connectivity index (χ0v) is 8.32. The number of ether oxygens (including phenoxy) is 2. The van der Waals surface area contributed by atoms with Crippen LogP contribution in [-0.2, 0) is 9.47 Å². The van der Waals surface area contributed by atoms with E-state index in [4.69, 9.17) is 20.4 Å². The first-order chi connectivity index (χ1) is 6.83. The number of oxime groups is 1. The summed E-state index contributed by atoms with van der Waals surface area (Å²) in [4.78, 5) is 0. The highest BCUT2D eigenvalue weighted by Gasteiger charge is 2.15. The second-order valence-electron chi connectivity index (χ2n) is 3.50. The summed E-state index contributed by atoms with van der Waals surface area (Å²) in [5, 5.41) is 11.2. The molecule has 0 aromatic heterocycles. The monoisotopic (exact) mass is 202 g/mol. The van der Waals surface area contributed by atoms with Crippen LogP contribution in [0.5, 0.6) is 0 Å². The maximum atomic E-state index is 8.27. The maximum Gasteiger partial charge on any atom is 0.139 e. The Kier molecular flexibility index (Phi) is 5.32. The van der Waals surface area contributed by atoms with Crippen LogP contribution in [0.3, 0.4) is 0 Å². The van der Waals surface area contributed by atoms with Crippen molar-refractivity contribution < 1.29 is 14.7 Å². The Morgan fingerprint density at radius 3 is 3.14 bits per heavy atom. The fraction of sp³-hybridized carbons (Fsp3) is 0.889. The third-order valence-corrected chi connectivity index (χ3v) is 2.23. The van der Waals surface area contributed by atoms with Gasteiger partial charge >= 0.3 is 0 Å². The zero-order chi connectivity index (χ0) is 10.2. The predicted molar refractivity (Wildman–Crippen MR) is 52.4 cm³/mol. The van der Waals surface area contributed by atoms with Crippen molar-refractivity contribution in [2.45, 2.75) is 19.3 Å². The van der Waals surface area contributed by atoms with Crippen molar-refractivity contribution >= 4 is 5.84 Å². The largest absolute Gasteiger partial charge is 0.409 e. The van der Waals surface area contributed by atoms with Crippen molar-refractivity contribution in [2.75, 3.05) is 26.4 Å². The van der Waals surface area contributed by atoms with Crippen LogP contribution in [0.2, 0.25) is 0 Å². The molecule has 5 nitrogen and oxygen atoms in total. The summed E-state index contributed by atoms with van der Waals surface area (Å²) in [6.07, 6.45) is 2.47. The molecule has 1 aliphatic heterocycles. The third-order valence-electron chi connectivity index (χ3n) is 2.23. The van der Waals surface area contributed by atoms with Gasteiger partial charge < -0.3 is 20.4 Å². The summed E-state index contributed by atoms with van der Waals surface area (Å²) in [7, 11) is 0. The Labute approximate surface area is 83.9 Å². The Morgan fingerprint density at radius 2 is 2.50 bits per heavy atom. The molecule has 3 N–H and O–H groups in total. The van der Waals surface area contributed by atoms with Crippen LogP contribution in [0.25, 0.3) is 0 Å². The molecule has 5 heteroatoms. The van der Waals surface area contributed by atoms with Crippen LogP contribution < -0.4 is 5.73 Å². The second kappa shape index (κ2) is 6.62. The molecule has 1 rings (SSSR count). The first-order valence-corrected chi connectivity index (χ1v) is 4.95. The van der Waals surface area contributed by atoms with Crippen molar-refractivity contribution in [2.24, 2.45) is 16.8 Å². The highest BCUT2D eigenvalue weighted by Crippen LogP contribution is 2.12. The van der Waals surface area contributed by atoms with Gasteiger partial charge in [-0.25, -0.2) is 0 Å². The summed E-state index contributed by atoms with van der Waals surface area (Å²) >= 11 is 0. The van der Waals surface area contributed by atoms with Crippen molar-refractivity contribution in [3.05, 3.63) is 0 Å².